The first-order valence-electron chi connectivity index (χ1n) is 9.85. The molecule has 0 aliphatic carbocycles. The summed E-state index contributed by atoms with van der Waals surface area (Å²) in [6.07, 6.45) is 3.36. The highest BCUT2D eigenvalue weighted by atomic mass is 32.2. The van der Waals surface area contributed by atoms with Crippen molar-refractivity contribution in [2.24, 2.45) is 12.5 Å². The summed E-state index contributed by atoms with van der Waals surface area (Å²) in [5.74, 6) is 1.25. The molecule has 0 amide bonds. The van der Waals surface area contributed by atoms with Gasteiger partial charge in [0.25, 0.3) is 0 Å². The Kier molecular flexibility index (Phi) is 5.05. The van der Waals surface area contributed by atoms with Crippen LogP contribution in [0.15, 0.2) is 35.5 Å². The van der Waals surface area contributed by atoms with E-state index in [2.05, 4.69) is 24.0 Å². The zero-order valence-corrected chi connectivity index (χ0v) is 17.5. The molecule has 1 unspecified atom stereocenters. The van der Waals surface area contributed by atoms with Gasteiger partial charge in [0.05, 0.1) is 4.90 Å². The number of ether oxygens (including phenoxy) is 1. The minimum absolute atomic E-state index is 0.0219. The molecule has 2 aromatic rings. The van der Waals surface area contributed by atoms with Crippen LogP contribution in [0.3, 0.4) is 0 Å². The number of benzene rings is 1. The van der Waals surface area contributed by atoms with Crippen molar-refractivity contribution in [3.05, 3.63) is 42.0 Å². The second-order valence-corrected chi connectivity index (χ2v) is 10.3. The predicted octanol–water partition coefficient (Wildman–Crippen LogP) is 2.52. The van der Waals surface area contributed by atoms with Crippen molar-refractivity contribution in [3.63, 3.8) is 0 Å². The quantitative estimate of drug-likeness (QED) is 0.783. The smallest absolute Gasteiger partial charge is 0.243 e. The van der Waals surface area contributed by atoms with E-state index in [1.807, 2.05) is 23.7 Å². The van der Waals surface area contributed by atoms with Gasteiger partial charge in [-0.05, 0) is 41.9 Å². The molecule has 0 bridgehead atoms. The van der Waals surface area contributed by atoms with Gasteiger partial charge in [0, 0.05) is 39.3 Å². The standard InChI is InChI=1S/C20H28N4O3S/c1-15(2)16-4-6-17(7-5-16)28(25,26)24-12-18(19-22-21-14-23(19)3)20(13-24)8-10-27-11-9-20/h4-7,14-15,18H,8-13H2,1-3H3. The van der Waals surface area contributed by atoms with Crippen molar-refractivity contribution in [3.8, 4) is 0 Å². The predicted molar refractivity (Wildman–Crippen MR) is 106 cm³/mol. The number of aryl methyl sites for hydroxylation is 1. The van der Waals surface area contributed by atoms with Crippen LogP contribution in [0.2, 0.25) is 0 Å². The molecule has 28 heavy (non-hydrogen) atoms. The van der Waals surface area contributed by atoms with E-state index in [-0.39, 0.29) is 11.3 Å². The molecule has 4 rings (SSSR count). The highest BCUT2D eigenvalue weighted by Crippen LogP contribution is 2.50. The van der Waals surface area contributed by atoms with Gasteiger partial charge >= 0.3 is 0 Å². The van der Waals surface area contributed by atoms with Gasteiger partial charge in [-0.1, -0.05) is 26.0 Å². The third kappa shape index (κ3) is 3.27. The lowest BCUT2D eigenvalue weighted by atomic mass is 9.72. The van der Waals surface area contributed by atoms with Crippen molar-refractivity contribution in [2.75, 3.05) is 26.3 Å². The first-order chi connectivity index (χ1) is 13.3. The fraction of sp³-hybridized carbons (Fsp3) is 0.600. The van der Waals surface area contributed by atoms with E-state index < -0.39 is 10.0 Å². The molecular weight excluding hydrogens is 376 g/mol. The normalized spacial score (nSPS) is 22.9. The zero-order chi connectivity index (χ0) is 19.9. The maximum absolute atomic E-state index is 13.4. The molecule has 2 saturated heterocycles. The Hall–Kier alpha value is -1.77. The van der Waals surface area contributed by atoms with E-state index in [1.54, 1.807) is 22.8 Å². The van der Waals surface area contributed by atoms with Gasteiger partial charge in [-0.2, -0.15) is 4.31 Å². The molecule has 0 radical (unpaired) electrons. The summed E-state index contributed by atoms with van der Waals surface area (Å²) in [6, 6.07) is 7.30. The third-order valence-electron chi connectivity index (χ3n) is 6.35. The van der Waals surface area contributed by atoms with Gasteiger partial charge in [-0.25, -0.2) is 8.42 Å². The van der Waals surface area contributed by atoms with Gasteiger partial charge < -0.3 is 9.30 Å². The Bertz CT molecular complexity index is 931. The number of aromatic nitrogens is 3. The zero-order valence-electron chi connectivity index (χ0n) is 16.7. The summed E-state index contributed by atoms with van der Waals surface area (Å²) in [5, 5.41) is 8.35. The summed E-state index contributed by atoms with van der Waals surface area (Å²) in [5.41, 5.74) is 0.988. The molecule has 152 valence electrons. The molecule has 7 nitrogen and oxygen atoms in total. The summed E-state index contributed by atoms with van der Waals surface area (Å²) < 4.78 is 35.9. The molecule has 8 heteroatoms. The van der Waals surface area contributed by atoms with Gasteiger partial charge in [0.15, 0.2) is 0 Å². The van der Waals surface area contributed by atoms with Gasteiger partial charge in [0.2, 0.25) is 10.0 Å². The Morgan fingerprint density at radius 1 is 1.18 bits per heavy atom. The molecule has 3 heterocycles. The largest absolute Gasteiger partial charge is 0.381 e. The minimum atomic E-state index is -3.56. The molecule has 2 aliphatic heterocycles. The van der Waals surface area contributed by atoms with Crippen LogP contribution in [0.5, 0.6) is 0 Å². The van der Waals surface area contributed by atoms with Crippen LogP contribution in [0.25, 0.3) is 0 Å². The second kappa shape index (κ2) is 7.24. The topological polar surface area (TPSA) is 77.3 Å². The van der Waals surface area contributed by atoms with Crippen molar-refractivity contribution < 1.29 is 13.2 Å². The molecule has 2 aliphatic rings. The highest BCUT2D eigenvalue weighted by molar-refractivity contribution is 7.89. The Morgan fingerprint density at radius 3 is 2.43 bits per heavy atom. The van der Waals surface area contributed by atoms with Crippen LogP contribution in [0, 0.1) is 5.41 Å². The first kappa shape index (κ1) is 19.5. The molecule has 1 spiro atoms. The van der Waals surface area contributed by atoms with E-state index in [4.69, 9.17) is 4.74 Å². The fourth-order valence-corrected chi connectivity index (χ4v) is 6.08. The molecule has 0 N–H and O–H groups in total. The van der Waals surface area contributed by atoms with Crippen LogP contribution < -0.4 is 0 Å². The van der Waals surface area contributed by atoms with Crippen LogP contribution in [0.1, 0.15) is 49.9 Å². The number of nitrogens with zero attached hydrogens (tertiary/aromatic N) is 4. The molecule has 2 fully saturated rings. The van der Waals surface area contributed by atoms with Crippen molar-refractivity contribution in [1.29, 1.82) is 0 Å². The first-order valence-corrected chi connectivity index (χ1v) is 11.3. The molecule has 1 aromatic heterocycles. The molecule has 1 aromatic carbocycles. The summed E-state index contributed by atoms with van der Waals surface area (Å²) in [6.45, 7) is 6.45. The van der Waals surface area contributed by atoms with Crippen LogP contribution in [0.4, 0.5) is 0 Å². The minimum Gasteiger partial charge on any atom is -0.381 e. The van der Waals surface area contributed by atoms with Crippen LogP contribution in [-0.2, 0) is 21.8 Å². The maximum atomic E-state index is 13.4. The lowest BCUT2D eigenvalue weighted by Gasteiger charge is -2.37. The summed E-state index contributed by atoms with van der Waals surface area (Å²) >= 11 is 0. The summed E-state index contributed by atoms with van der Waals surface area (Å²) in [7, 11) is -1.64. The van der Waals surface area contributed by atoms with E-state index in [1.165, 1.54) is 0 Å². The summed E-state index contributed by atoms with van der Waals surface area (Å²) in [4.78, 5) is 0.359. The molecule has 0 saturated carbocycles. The third-order valence-corrected chi connectivity index (χ3v) is 8.17. The average molecular weight is 405 g/mol. The average Bonchev–Trinajstić information content (AvgIpc) is 3.26. The van der Waals surface area contributed by atoms with Crippen LogP contribution >= 0.6 is 0 Å². The van der Waals surface area contributed by atoms with Crippen molar-refractivity contribution in [2.45, 2.75) is 43.4 Å². The fourth-order valence-electron chi connectivity index (χ4n) is 4.53. The Labute approximate surface area is 166 Å². The van der Waals surface area contributed by atoms with Gasteiger partial charge in [-0.15, -0.1) is 10.2 Å². The second-order valence-electron chi connectivity index (χ2n) is 8.35. The number of rotatable bonds is 4. The van der Waals surface area contributed by atoms with Crippen molar-refractivity contribution in [1.82, 2.24) is 19.1 Å². The van der Waals surface area contributed by atoms with E-state index in [0.29, 0.717) is 37.1 Å². The SMILES string of the molecule is CC(C)c1ccc(S(=O)(=O)N2CC(c3nncn3C)C3(CCOCC3)C2)cc1. The van der Waals surface area contributed by atoms with Gasteiger partial charge in [0.1, 0.15) is 12.2 Å². The van der Waals surface area contributed by atoms with Crippen LogP contribution in [-0.4, -0.2) is 53.8 Å². The monoisotopic (exact) mass is 404 g/mol. The number of hydrogen-bond donors (Lipinski definition) is 0. The molecule has 1 atom stereocenters. The number of sulfonamides is 1. The maximum Gasteiger partial charge on any atom is 0.243 e. The number of hydrogen-bond acceptors (Lipinski definition) is 5. The van der Waals surface area contributed by atoms with Crippen molar-refractivity contribution >= 4 is 10.0 Å². The van der Waals surface area contributed by atoms with Gasteiger partial charge in [-0.3, -0.25) is 0 Å². The highest BCUT2D eigenvalue weighted by Gasteiger charge is 2.52. The molecular formula is C20H28N4O3S. The van der Waals surface area contributed by atoms with E-state index >= 15 is 0 Å². The Morgan fingerprint density at radius 2 is 1.86 bits per heavy atom. The Balaban J connectivity index is 1.67. The lowest BCUT2D eigenvalue weighted by molar-refractivity contribution is 0.0131. The lowest BCUT2D eigenvalue weighted by Crippen LogP contribution is -2.37. The van der Waals surface area contributed by atoms with E-state index in [0.717, 1.165) is 24.2 Å². The van der Waals surface area contributed by atoms with E-state index in [9.17, 15) is 8.42 Å².